The van der Waals surface area contributed by atoms with Crippen LogP contribution in [0.3, 0.4) is 0 Å². The predicted molar refractivity (Wildman–Crippen MR) is 119 cm³/mol. The van der Waals surface area contributed by atoms with Gasteiger partial charge in [0, 0.05) is 22.6 Å². The van der Waals surface area contributed by atoms with Crippen LogP contribution in [0.1, 0.15) is 25.3 Å². The van der Waals surface area contributed by atoms with E-state index in [1.54, 1.807) is 6.07 Å². The third-order valence-corrected chi connectivity index (χ3v) is 4.91. The summed E-state index contributed by atoms with van der Waals surface area (Å²) >= 11 is 1.42. The molecule has 1 aromatic heterocycles. The number of unbranched alkanes of at least 4 members (excludes halogenated alkanes) is 1. The van der Waals surface area contributed by atoms with Crippen molar-refractivity contribution in [1.82, 2.24) is 4.98 Å². The van der Waals surface area contributed by atoms with E-state index >= 15 is 0 Å². The van der Waals surface area contributed by atoms with Gasteiger partial charge >= 0.3 is 5.69 Å². The molecule has 3 aromatic rings. The normalized spacial score (nSPS) is 10.9. The highest BCUT2D eigenvalue weighted by molar-refractivity contribution is 7.14. The molecule has 0 unspecified atom stereocenters. The number of methoxy groups -OCH3 is 1. The molecule has 9 heteroatoms. The summed E-state index contributed by atoms with van der Waals surface area (Å²) in [6, 6.07) is 12.9. The van der Waals surface area contributed by atoms with Crippen LogP contribution in [0.15, 0.2) is 52.9 Å². The number of ether oxygens (including phenoxy) is 2. The number of anilines is 1. The number of hydrogen-bond acceptors (Lipinski definition) is 8. The summed E-state index contributed by atoms with van der Waals surface area (Å²) in [5.74, 6) is 0.427. The molecule has 1 heterocycles. The Morgan fingerprint density at radius 1 is 1.30 bits per heavy atom. The molecular weight excluding hydrogens is 404 g/mol. The molecule has 0 amide bonds. The molecule has 0 radical (unpaired) electrons. The van der Waals surface area contributed by atoms with Gasteiger partial charge in [0.05, 0.1) is 30.5 Å². The number of thiazole rings is 1. The minimum Gasteiger partial charge on any atom is -0.493 e. The lowest BCUT2D eigenvalue weighted by atomic mass is 10.2. The minimum absolute atomic E-state index is 0.133. The number of nitrogens with zero attached hydrogens (tertiary/aromatic N) is 3. The van der Waals surface area contributed by atoms with Crippen LogP contribution in [0.25, 0.3) is 11.3 Å². The number of nitro benzene ring substituents is 1. The Morgan fingerprint density at radius 2 is 2.10 bits per heavy atom. The topological polar surface area (TPSA) is 98.9 Å². The number of nitro groups is 1. The molecule has 0 atom stereocenters. The average molecular weight is 426 g/mol. The summed E-state index contributed by atoms with van der Waals surface area (Å²) < 4.78 is 10.9. The fraction of sp³-hybridized carbons (Fsp3) is 0.238. The van der Waals surface area contributed by atoms with Crippen molar-refractivity contribution in [2.75, 3.05) is 19.1 Å². The highest BCUT2D eigenvalue weighted by Gasteiger charge is 2.22. The Hall–Kier alpha value is -3.46. The number of nitrogens with one attached hydrogen (secondary N) is 1. The number of hydrogen-bond donors (Lipinski definition) is 1. The second-order valence-corrected chi connectivity index (χ2v) is 7.16. The van der Waals surface area contributed by atoms with Crippen molar-refractivity contribution in [3.8, 4) is 22.8 Å². The first-order chi connectivity index (χ1) is 14.6. The summed E-state index contributed by atoms with van der Waals surface area (Å²) in [7, 11) is 1.45. The molecule has 30 heavy (non-hydrogen) atoms. The third-order valence-electron chi connectivity index (χ3n) is 4.17. The molecule has 0 aliphatic heterocycles. The van der Waals surface area contributed by atoms with Gasteiger partial charge in [-0.15, -0.1) is 11.3 Å². The number of aromatic nitrogens is 1. The van der Waals surface area contributed by atoms with Crippen LogP contribution in [0.5, 0.6) is 11.5 Å². The van der Waals surface area contributed by atoms with Crippen LogP contribution >= 0.6 is 11.3 Å². The molecule has 8 nitrogen and oxygen atoms in total. The fourth-order valence-corrected chi connectivity index (χ4v) is 3.33. The van der Waals surface area contributed by atoms with Crippen molar-refractivity contribution in [1.29, 1.82) is 0 Å². The maximum absolute atomic E-state index is 11.5. The average Bonchev–Trinajstić information content (AvgIpc) is 3.23. The Kier molecular flexibility index (Phi) is 7.34. The Balaban J connectivity index is 1.76. The van der Waals surface area contributed by atoms with Crippen LogP contribution < -0.4 is 14.9 Å². The molecular formula is C21H22N4O4S. The van der Waals surface area contributed by atoms with Gasteiger partial charge in [-0.3, -0.25) is 15.5 Å². The zero-order valence-electron chi connectivity index (χ0n) is 16.7. The second kappa shape index (κ2) is 10.4. The Morgan fingerprint density at radius 3 is 2.80 bits per heavy atom. The van der Waals surface area contributed by atoms with Crippen molar-refractivity contribution >= 4 is 28.4 Å². The van der Waals surface area contributed by atoms with Crippen molar-refractivity contribution in [2.45, 2.75) is 19.8 Å². The summed E-state index contributed by atoms with van der Waals surface area (Å²) in [6.07, 6.45) is 3.20. The molecule has 156 valence electrons. The van der Waals surface area contributed by atoms with Gasteiger partial charge in [-0.05, 0) is 12.5 Å². The summed E-state index contributed by atoms with van der Waals surface area (Å²) in [4.78, 5) is 15.5. The predicted octanol–water partition coefficient (Wildman–Crippen LogP) is 5.35. The number of rotatable bonds is 10. The Labute approximate surface area is 178 Å². The van der Waals surface area contributed by atoms with E-state index in [0.29, 0.717) is 23.1 Å². The van der Waals surface area contributed by atoms with Gasteiger partial charge in [0.2, 0.25) is 10.9 Å². The highest BCUT2D eigenvalue weighted by Crippen LogP contribution is 2.38. The molecule has 3 rings (SSSR count). The molecule has 0 aliphatic rings. The molecule has 0 aliphatic carbocycles. The molecule has 2 aromatic carbocycles. The zero-order valence-corrected chi connectivity index (χ0v) is 17.5. The van der Waals surface area contributed by atoms with Gasteiger partial charge in [-0.25, -0.2) is 4.98 Å². The van der Waals surface area contributed by atoms with Crippen LogP contribution in [0, 0.1) is 10.1 Å². The second-order valence-electron chi connectivity index (χ2n) is 6.30. The smallest absolute Gasteiger partial charge is 0.315 e. The molecule has 0 saturated heterocycles. The molecule has 0 spiro atoms. The van der Waals surface area contributed by atoms with E-state index in [1.807, 2.05) is 42.6 Å². The lowest BCUT2D eigenvalue weighted by molar-refractivity contribution is -0.386. The van der Waals surface area contributed by atoms with Crippen molar-refractivity contribution in [3.63, 3.8) is 0 Å². The van der Waals surface area contributed by atoms with Crippen molar-refractivity contribution in [2.24, 2.45) is 5.10 Å². The van der Waals surface area contributed by atoms with Gasteiger partial charge < -0.3 is 9.47 Å². The van der Waals surface area contributed by atoms with Gasteiger partial charge in [-0.2, -0.15) is 5.10 Å². The maximum Gasteiger partial charge on any atom is 0.315 e. The van der Waals surface area contributed by atoms with E-state index < -0.39 is 4.92 Å². The van der Waals surface area contributed by atoms with E-state index in [2.05, 4.69) is 15.5 Å². The minimum atomic E-state index is -0.485. The Bertz CT molecular complexity index is 1020. The van der Waals surface area contributed by atoms with E-state index in [1.165, 1.54) is 30.7 Å². The number of hydrazone groups is 1. The fourth-order valence-electron chi connectivity index (χ4n) is 2.66. The monoisotopic (exact) mass is 426 g/mol. The first-order valence-corrected chi connectivity index (χ1v) is 10.3. The van der Waals surface area contributed by atoms with Crippen LogP contribution in [0.4, 0.5) is 10.8 Å². The lowest BCUT2D eigenvalue weighted by Gasteiger charge is -2.11. The van der Waals surface area contributed by atoms with Crippen LogP contribution in [-0.2, 0) is 0 Å². The van der Waals surface area contributed by atoms with E-state index in [0.717, 1.165) is 24.1 Å². The van der Waals surface area contributed by atoms with Crippen LogP contribution in [0.2, 0.25) is 0 Å². The van der Waals surface area contributed by atoms with Gasteiger partial charge in [0.25, 0.3) is 0 Å². The number of benzene rings is 2. The van der Waals surface area contributed by atoms with E-state index in [-0.39, 0.29) is 11.4 Å². The zero-order chi connectivity index (χ0) is 21.3. The largest absolute Gasteiger partial charge is 0.493 e. The summed E-state index contributed by atoms with van der Waals surface area (Å²) in [5.41, 5.74) is 5.08. The summed E-state index contributed by atoms with van der Waals surface area (Å²) in [5, 5.41) is 18.2. The van der Waals surface area contributed by atoms with Gasteiger partial charge in [-0.1, -0.05) is 43.7 Å². The first kappa shape index (κ1) is 21.3. The van der Waals surface area contributed by atoms with Gasteiger partial charge in [0.15, 0.2) is 5.75 Å². The molecule has 1 N–H and O–H groups in total. The first-order valence-electron chi connectivity index (χ1n) is 9.41. The van der Waals surface area contributed by atoms with E-state index in [9.17, 15) is 10.1 Å². The molecule has 0 bridgehead atoms. The van der Waals surface area contributed by atoms with Gasteiger partial charge in [0.1, 0.15) is 0 Å². The van der Waals surface area contributed by atoms with Crippen molar-refractivity contribution < 1.29 is 14.4 Å². The quantitative estimate of drug-likeness (QED) is 0.203. The highest BCUT2D eigenvalue weighted by atomic mass is 32.1. The SMILES string of the molecule is CCCCOc1c(OC)cc(/C=N\Nc2nc(-c3ccccc3)cs2)cc1[N+](=O)[O-]. The standard InChI is InChI=1S/C21H22N4O4S/c1-3-4-10-29-20-18(25(26)27)11-15(12-19(20)28-2)13-22-24-21-23-17(14-30-21)16-8-6-5-7-9-16/h5-9,11-14H,3-4,10H2,1-2H3,(H,23,24)/b22-13-. The molecule has 0 saturated carbocycles. The van der Waals surface area contributed by atoms with E-state index in [4.69, 9.17) is 9.47 Å². The van der Waals surface area contributed by atoms with Crippen LogP contribution in [-0.4, -0.2) is 29.8 Å². The lowest BCUT2D eigenvalue weighted by Crippen LogP contribution is -2.03. The summed E-state index contributed by atoms with van der Waals surface area (Å²) in [6.45, 7) is 2.41. The molecule has 0 fully saturated rings. The third kappa shape index (κ3) is 5.32. The maximum atomic E-state index is 11.5. The van der Waals surface area contributed by atoms with Crippen molar-refractivity contribution in [3.05, 3.63) is 63.5 Å².